The third-order valence-corrected chi connectivity index (χ3v) is 2.82. The molecule has 0 aliphatic heterocycles. The summed E-state index contributed by atoms with van der Waals surface area (Å²) in [5, 5.41) is 13.1. The summed E-state index contributed by atoms with van der Waals surface area (Å²) >= 11 is 0. The predicted octanol–water partition coefficient (Wildman–Crippen LogP) is 3.33. The highest BCUT2D eigenvalue weighted by Crippen LogP contribution is 2.27. The summed E-state index contributed by atoms with van der Waals surface area (Å²) in [6.07, 6.45) is 3.34. The topological polar surface area (TPSA) is 67.9 Å². The quantitative estimate of drug-likeness (QED) is 0.798. The van der Waals surface area contributed by atoms with Crippen LogP contribution in [0.4, 0.5) is 0 Å². The van der Waals surface area contributed by atoms with Gasteiger partial charge in [-0.15, -0.1) is 0 Å². The van der Waals surface area contributed by atoms with E-state index >= 15 is 0 Å². The third kappa shape index (κ3) is 2.86. The standard InChI is InChI=1S/C15H15N3O2/c1-10(2)18-9-13(8-17-18)20-15-6-12(7-16)4-5-14(15)11(3)19/h4-6,8-10H,1-3H3. The Morgan fingerprint density at radius 3 is 2.75 bits per heavy atom. The minimum absolute atomic E-state index is 0.110. The molecule has 0 N–H and O–H groups in total. The molecule has 1 aromatic carbocycles. The van der Waals surface area contributed by atoms with E-state index in [0.29, 0.717) is 22.6 Å². The van der Waals surface area contributed by atoms with Crippen molar-refractivity contribution >= 4 is 5.78 Å². The maximum absolute atomic E-state index is 11.6. The molecule has 102 valence electrons. The van der Waals surface area contributed by atoms with E-state index in [1.54, 1.807) is 35.3 Å². The molecule has 5 heteroatoms. The zero-order valence-corrected chi connectivity index (χ0v) is 11.6. The molecule has 0 atom stereocenters. The molecular weight excluding hydrogens is 254 g/mol. The number of carbonyl (C=O) groups is 1. The maximum atomic E-state index is 11.6. The second-order valence-corrected chi connectivity index (χ2v) is 4.73. The van der Waals surface area contributed by atoms with Gasteiger partial charge in [0.05, 0.1) is 29.6 Å². The molecule has 1 heterocycles. The number of Topliss-reactive ketones (excluding diaryl/α,β-unsaturated/α-hetero) is 1. The fourth-order valence-electron chi connectivity index (χ4n) is 1.75. The zero-order chi connectivity index (χ0) is 14.7. The van der Waals surface area contributed by atoms with Crippen LogP contribution in [0.25, 0.3) is 0 Å². The smallest absolute Gasteiger partial charge is 0.165 e. The van der Waals surface area contributed by atoms with Crippen LogP contribution in [0.3, 0.4) is 0 Å². The van der Waals surface area contributed by atoms with E-state index in [-0.39, 0.29) is 11.8 Å². The Morgan fingerprint density at radius 2 is 2.20 bits per heavy atom. The Morgan fingerprint density at radius 1 is 1.45 bits per heavy atom. The minimum Gasteiger partial charge on any atom is -0.453 e. The lowest BCUT2D eigenvalue weighted by Crippen LogP contribution is -2.00. The molecular formula is C15H15N3O2. The van der Waals surface area contributed by atoms with Gasteiger partial charge in [-0.1, -0.05) is 0 Å². The molecule has 0 spiro atoms. The van der Waals surface area contributed by atoms with Gasteiger partial charge in [0.25, 0.3) is 0 Å². The van der Waals surface area contributed by atoms with Crippen molar-refractivity contribution in [1.29, 1.82) is 5.26 Å². The average Bonchev–Trinajstić information content (AvgIpc) is 2.87. The van der Waals surface area contributed by atoms with Crippen LogP contribution >= 0.6 is 0 Å². The van der Waals surface area contributed by atoms with Crippen LogP contribution in [-0.4, -0.2) is 15.6 Å². The molecule has 0 amide bonds. The van der Waals surface area contributed by atoms with Crippen LogP contribution in [0.2, 0.25) is 0 Å². The number of ether oxygens (including phenoxy) is 1. The van der Waals surface area contributed by atoms with Gasteiger partial charge in [0.2, 0.25) is 0 Å². The van der Waals surface area contributed by atoms with Gasteiger partial charge in [-0.25, -0.2) is 0 Å². The van der Waals surface area contributed by atoms with E-state index < -0.39 is 0 Å². The highest BCUT2D eigenvalue weighted by atomic mass is 16.5. The Kier molecular flexibility index (Phi) is 3.85. The lowest BCUT2D eigenvalue weighted by molar-refractivity contribution is 0.101. The largest absolute Gasteiger partial charge is 0.453 e. The molecule has 0 fully saturated rings. The van der Waals surface area contributed by atoms with Crippen molar-refractivity contribution in [2.75, 3.05) is 0 Å². The molecule has 0 bridgehead atoms. The SMILES string of the molecule is CC(=O)c1ccc(C#N)cc1Oc1cnn(C(C)C)c1. The van der Waals surface area contributed by atoms with E-state index in [1.165, 1.54) is 6.92 Å². The Balaban J connectivity index is 2.35. The van der Waals surface area contributed by atoms with Crippen molar-refractivity contribution in [3.63, 3.8) is 0 Å². The van der Waals surface area contributed by atoms with Crippen LogP contribution in [0, 0.1) is 11.3 Å². The number of hydrogen-bond donors (Lipinski definition) is 0. The molecule has 0 saturated carbocycles. The first-order valence-electron chi connectivity index (χ1n) is 6.28. The molecule has 0 unspecified atom stereocenters. The van der Waals surface area contributed by atoms with Gasteiger partial charge in [-0.05, 0) is 39.0 Å². The van der Waals surface area contributed by atoms with Gasteiger partial charge >= 0.3 is 0 Å². The molecule has 0 radical (unpaired) electrons. The van der Waals surface area contributed by atoms with Crippen molar-refractivity contribution in [3.05, 3.63) is 41.7 Å². The number of rotatable bonds is 4. The fourth-order valence-corrected chi connectivity index (χ4v) is 1.75. The lowest BCUT2D eigenvalue weighted by Gasteiger charge is -2.08. The van der Waals surface area contributed by atoms with Crippen molar-refractivity contribution in [1.82, 2.24) is 9.78 Å². The van der Waals surface area contributed by atoms with Crippen LogP contribution in [-0.2, 0) is 0 Å². The van der Waals surface area contributed by atoms with Crippen LogP contribution in [0.5, 0.6) is 11.5 Å². The second kappa shape index (κ2) is 5.57. The van der Waals surface area contributed by atoms with Gasteiger partial charge in [0, 0.05) is 6.04 Å². The van der Waals surface area contributed by atoms with E-state index in [9.17, 15) is 4.79 Å². The molecule has 0 aliphatic rings. The summed E-state index contributed by atoms with van der Waals surface area (Å²) in [5.74, 6) is 0.803. The monoisotopic (exact) mass is 269 g/mol. The highest BCUT2D eigenvalue weighted by Gasteiger charge is 2.12. The predicted molar refractivity (Wildman–Crippen MR) is 73.8 cm³/mol. The molecule has 0 aliphatic carbocycles. The first kappa shape index (κ1) is 13.8. The fraction of sp³-hybridized carbons (Fsp3) is 0.267. The summed E-state index contributed by atoms with van der Waals surface area (Å²) in [4.78, 5) is 11.6. The van der Waals surface area contributed by atoms with Gasteiger partial charge in [0.1, 0.15) is 5.75 Å². The van der Waals surface area contributed by atoms with Crippen LogP contribution in [0.15, 0.2) is 30.6 Å². The number of benzene rings is 1. The summed E-state index contributed by atoms with van der Waals surface area (Å²) in [6, 6.07) is 7.02. The summed E-state index contributed by atoms with van der Waals surface area (Å²) in [5.41, 5.74) is 0.891. The van der Waals surface area contributed by atoms with Crippen LogP contribution in [0.1, 0.15) is 42.7 Å². The minimum atomic E-state index is -0.110. The van der Waals surface area contributed by atoms with Crippen molar-refractivity contribution in [2.24, 2.45) is 0 Å². The van der Waals surface area contributed by atoms with Gasteiger partial charge in [-0.3, -0.25) is 9.48 Å². The first-order chi connectivity index (χ1) is 9.51. The molecule has 5 nitrogen and oxygen atoms in total. The number of nitriles is 1. The van der Waals surface area contributed by atoms with Gasteiger partial charge < -0.3 is 4.74 Å². The van der Waals surface area contributed by atoms with Gasteiger partial charge in [-0.2, -0.15) is 10.4 Å². The number of hydrogen-bond acceptors (Lipinski definition) is 4. The van der Waals surface area contributed by atoms with E-state index in [0.717, 1.165) is 0 Å². The highest BCUT2D eigenvalue weighted by molar-refractivity contribution is 5.97. The number of aromatic nitrogens is 2. The first-order valence-corrected chi connectivity index (χ1v) is 6.28. The normalized spacial score (nSPS) is 10.3. The second-order valence-electron chi connectivity index (χ2n) is 4.73. The average molecular weight is 269 g/mol. The summed E-state index contributed by atoms with van der Waals surface area (Å²) < 4.78 is 7.45. The molecule has 1 aromatic heterocycles. The van der Waals surface area contributed by atoms with E-state index in [4.69, 9.17) is 10.00 Å². The summed E-state index contributed by atoms with van der Waals surface area (Å²) in [6.45, 7) is 5.48. The van der Waals surface area contributed by atoms with Crippen molar-refractivity contribution in [3.8, 4) is 17.6 Å². The molecule has 2 rings (SSSR count). The maximum Gasteiger partial charge on any atom is 0.165 e. The number of carbonyl (C=O) groups excluding carboxylic acids is 1. The third-order valence-electron chi connectivity index (χ3n) is 2.82. The number of ketones is 1. The van der Waals surface area contributed by atoms with E-state index in [2.05, 4.69) is 5.10 Å². The lowest BCUT2D eigenvalue weighted by atomic mass is 10.1. The Hall–Kier alpha value is -2.61. The Labute approximate surface area is 117 Å². The van der Waals surface area contributed by atoms with Gasteiger partial charge in [0.15, 0.2) is 11.5 Å². The van der Waals surface area contributed by atoms with Crippen molar-refractivity contribution < 1.29 is 9.53 Å². The van der Waals surface area contributed by atoms with E-state index in [1.807, 2.05) is 19.9 Å². The van der Waals surface area contributed by atoms with Crippen molar-refractivity contribution in [2.45, 2.75) is 26.8 Å². The number of nitrogens with zero attached hydrogens (tertiary/aromatic N) is 3. The van der Waals surface area contributed by atoms with Crippen LogP contribution < -0.4 is 4.74 Å². The Bertz CT molecular complexity index is 681. The zero-order valence-electron chi connectivity index (χ0n) is 11.6. The molecule has 20 heavy (non-hydrogen) atoms. The summed E-state index contributed by atoms with van der Waals surface area (Å²) in [7, 11) is 0. The molecule has 0 saturated heterocycles. The molecule has 2 aromatic rings.